The van der Waals surface area contributed by atoms with Crippen molar-refractivity contribution in [2.75, 3.05) is 19.6 Å². The van der Waals surface area contributed by atoms with E-state index in [2.05, 4.69) is 10.1 Å². The van der Waals surface area contributed by atoms with Crippen molar-refractivity contribution >= 4 is 23.4 Å². The van der Waals surface area contributed by atoms with Crippen molar-refractivity contribution in [2.45, 2.75) is 57.9 Å². The maximum Gasteiger partial charge on any atom is 0.256 e. The van der Waals surface area contributed by atoms with Crippen molar-refractivity contribution in [1.29, 1.82) is 0 Å². The molecule has 0 radical (unpaired) electrons. The topological polar surface area (TPSA) is 64.2 Å². The Morgan fingerprint density at radius 2 is 2.00 bits per heavy atom. The average molecular weight is 447 g/mol. The van der Waals surface area contributed by atoms with E-state index in [9.17, 15) is 9.18 Å². The summed E-state index contributed by atoms with van der Waals surface area (Å²) >= 11 is 0. The number of benzene rings is 1. The zero-order chi connectivity index (χ0) is 20.7. The monoisotopic (exact) mass is 446 g/mol. The second-order valence-corrected chi connectivity index (χ2v) is 8.58. The van der Waals surface area contributed by atoms with E-state index >= 15 is 0 Å². The van der Waals surface area contributed by atoms with E-state index in [1.807, 2.05) is 11.5 Å². The zero-order valence-electron chi connectivity index (χ0n) is 17.8. The number of fused-ring (bicyclic) bond motifs is 2. The Hall–Kier alpha value is -2.25. The number of rotatable bonds is 4. The summed E-state index contributed by atoms with van der Waals surface area (Å²) in [5.41, 5.74) is 3.38. The molecule has 0 N–H and O–H groups in total. The first-order chi connectivity index (χ1) is 14.6. The van der Waals surface area contributed by atoms with Crippen LogP contribution in [0.4, 0.5) is 4.39 Å². The van der Waals surface area contributed by atoms with Crippen LogP contribution in [0.25, 0.3) is 11.0 Å². The Balaban J connectivity index is 0.00000231. The fraction of sp³-hybridized carbons (Fsp3) is 0.522. The smallest absolute Gasteiger partial charge is 0.256 e. The molecule has 1 aromatic carbocycles. The highest BCUT2D eigenvalue weighted by atomic mass is 35.5. The molecule has 1 saturated heterocycles. The second kappa shape index (κ2) is 9.09. The first kappa shape index (κ1) is 22.0. The van der Waals surface area contributed by atoms with Gasteiger partial charge < -0.3 is 9.42 Å². The zero-order valence-corrected chi connectivity index (χ0v) is 18.6. The predicted octanol–water partition coefficient (Wildman–Crippen LogP) is 4.01. The van der Waals surface area contributed by atoms with Crippen LogP contribution in [0.15, 0.2) is 27.5 Å². The summed E-state index contributed by atoms with van der Waals surface area (Å²) < 4.78 is 20.6. The minimum absolute atomic E-state index is 0. The van der Waals surface area contributed by atoms with E-state index in [4.69, 9.17) is 9.51 Å². The molecule has 0 unspecified atom stereocenters. The fourth-order valence-corrected chi connectivity index (χ4v) is 4.94. The van der Waals surface area contributed by atoms with Gasteiger partial charge in [0.1, 0.15) is 11.6 Å². The number of halogens is 2. The lowest BCUT2D eigenvalue weighted by Crippen LogP contribution is -2.37. The minimum Gasteiger partial charge on any atom is -0.356 e. The van der Waals surface area contributed by atoms with Crippen LogP contribution in [-0.4, -0.2) is 39.2 Å². The van der Waals surface area contributed by atoms with Crippen LogP contribution in [0.5, 0.6) is 0 Å². The number of nitrogens with zero attached hydrogens (tertiary/aromatic N) is 4. The van der Waals surface area contributed by atoms with Gasteiger partial charge in [-0.25, -0.2) is 9.37 Å². The third kappa shape index (κ3) is 4.26. The Morgan fingerprint density at radius 1 is 1.19 bits per heavy atom. The van der Waals surface area contributed by atoms with Crippen LogP contribution in [-0.2, 0) is 19.4 Å². The molecule has 3 aromatic rings. The van der Waals surface area contributed by atoms with Gasteiger partial charge in [-0.2, -0.15) is 0 Å². The van der Waals surface area contributed by atoms with E-state index in [0.29, 0.717) is 11.5 Å². The molecule has 0 aliphatic carbocycles. The number of aryl methyl sites for hydroxylation is 2. The summed E-state index contributed by atoms with van der Waals surface area (Å²) in [5.74, 6) is 0.974. The predicted molar refractivity (Wildman–Crippen MR) is 120 cm³/mol. The Morgan fingerprint density at radius 3 is 2.81 bits per heavy atom. The molecular weight excluding hydrogens is 419 g/mol. The molecule has 5 rings (SSSR count). The van der Waals surface area contributed by atoms with Crippen LogP contribution in [0, 0.1) is 12.7 Å². The van der Waals surface area contributed by atoms with Crippen LogP contribution in [0.3, 0.4) is 0 Å². The summed E-state index contributed by atoms with van der Waals surface area (Å²) in [4.78, 5) is 20.1. The van der Waals surface area contributed by atoms with Crippen LogP contribution < -0.4 is 5.56 Å². The average Bonchev–Trinajstić information content (AvgIpc) is 3.17. The molecule has 8 heteroatoms. The van der Waals surface area contributed by atoms with Crippen molar-refractivity contribution in [3.63, 3.8) is 0 Å². The van der Waals surface area contributed by atoms with Gasteiger partial charge in [0.25, 0.3) is 5.56 Å². The maximum atomic E-state index is 13.4. The maximum absolute atomic E-state index is 13.4. The summed E-state index contributed by atoms with van der Waals surface area (Å²) in [7, 11) is 0. The summed E-state index contributed by atoms with van der Waals surface area (Å²) in [6.07, 6.45) is 5.81. The van der Waals surface area contributed by atoms with E-state index < -0.39 is 0 Å². The molecule has 6 nitrogen and oxygen atoms in total. The van der Waals surface area contributed by atoms with Crippen LogP contribution in [0.2, 0.25) is 0 Å². The first-order valence-corrected chi connectivity index (χ1v) is 11.0. The summed E-state index contributed by atoms with van der Waals surface area (Å²) in [5, 5.41) is 5.15. The fourth-order valence-electron chi connectivity index (χ4n) is 4.94. The highest BCUT2D eigenvalue weighted by Gasteiger charge is 2.25. The highest BCUT2D eigenvalue weighted by molar-refractivity contribution is 5.85. The number of likely N-dealkylation sites (tertiary alicyclic amines) is 1. The van der Waals surface area contributed by atoms with E-state index in [0.717, 1.165) is 92.9 Å². The Labute approximate surface area is 186 Å². The van der Waals surface area contributed by atoms with Crippen LogP contribution in [0.1, 0.15) is 54.4 Å². The second-order valence-electron chi connectivity index (χ2n) is 8.58. The third-order valence-electron chi connectivity index (χ3n) is 6.69. The quantitative estimate of drug-likeness (QED) is 0.605. The molecule has 31 heavy (non-hydrogen) atoms. The summed E-state index contributed by atoms with van der Waals surface area (Å²) in [6.45, 7) is 5.55. The van der Waals surface area contributed by atoms with Gasteiger partial charge in [-0.15, -0.1) is 12.4 Å². The molecule has 0 saturated carbocycles. The molecule has 2 aromatic heterocycles. The normalized spacial score (nSPS) is 17.5. The molecule has 166 valence electrons. The van der Waals surface area contributed by atoms with E-state index in [-0.39, 0.29) is 23.8 Å². The summed E-state index contributed by atoms with van der Waals surface area (Å²) in [6, 6.07) is 4.63. The number of piperidine rings is 1. The third-order valence-corrected chi connectivity index (χ3v) is 6.69. The van der Waals surface area contributed by atoms with Gasteiger partial charge in [0.2, 0.25) is 0 Å². The lowest BCUT2D eigenvalue weighted by Gasteiger charge is -2.31. The molecule has 0 amide bonds. The van der Waals surface area contributed by atoms with Gasteiger partial charge >= 0.3 is 0 Å². The molecule has 2 aliphatic heterocycles. The minimum atomic E-state index is -0.303. The molecule has 4 heterocycles. The van der Waals surface area contributed by atoms with Crippen molar-refractivity contribution < 1.29 is 8.91 Å². The van der Waals surface area contributed by atoms with Crippen molar-refractivity contribution in [1.82, 2.24) is 19.6 Å². The van der Waals surface area contributed by atoms with E-state index in [1.54, 1.807) is 6.07 Å². The highest BCUT2D eigenvalue weighted by Crippen LogP contribution is 2.32. The van der Waals surface area contributed by atoms with Gasteiger partial charge in [0.05, 0.1) is 5.69 Å². The molecule has 1 fully saturated rings. The van der Waals surface area contributed by atoms with Gasteiger partial charge in [-0.3, -0.25) is 9.36 Å². The SMILES string of the molecule is Cc1nc2n(c(=O)c1CCN1CCC(c3noc4cc(F)ccc34)CC1)CCCC2.Cl. The molecule has 0 bridgehead atoms. The number of aromatic nitrogens is 3. The lowest BCUT2D eigenvalue weighted by molar-refractivity contribution is 0.211. The molecular formula is C23H28ClFN4O2. The number of hydrogen-bond donors (Lipinski definition) is 0. The van der Waals surface area contributed by atoms with Crippen LogP contribution >= 0.6 is 12.4 Å². The first-order valence-electron chi connectivity index (χ1n) is 11.0. The van der Waals surface area contributed by atoms with Gasteiger partial charge in [-0.05, 0) is 64.3 Å². The Kier molecular flexibility index (Phi) is 6.44. The standard InChI is InChI=1S/C23H27FN4O2.ClH/c1-15-18(23(29)28-10-3-2-4-21(28)25-15)9-13-27-11-7-16(8-12-27)22-19-6-5-17(24)14-20(19)30-26-22;/h5-6,14,16H,2-4,7-13H2,1H3;1H. The van der Waals surface area contributed by atoms with Crippen molar-refractivity contribution in [2.24, 2.45) is 0 Å². The Bertz CT molecular complexity index is 1130. The van der Waals surface area contributed by atoms with Gasteiger partial charge in [-0.1, -0.05) is 5.16 Å². The molecule has 0 atom stereocenters. The van der Waals surface area contributed by atoms with Crippen molar-refractivity contribution in [3.8, 4) is 0 Å². The van der Waals surface area contributed by atoms with Crippen molar-refractivity contribution in [3.05, 3.63) is 57.1 Å². The molecule has 0 spiro atoms. The van der Waals surface area contributed by atoms with Gasteiger partial charge in [0.15, 0.2) is 5.58 Å². The number of hydrogen-bond acceptors (Lipinski definition) is 5. The van der Waals surface area contributed by atoms with Gasteiger partial charge in [0, 0.05) is 48.1 Å². The molecule has 2 aliphatic rings. The van der Waals surface area contributed by atoms with E-state index in [1.165, 1.54) is 12.1 Å². The largest absolute Gasteiger partial charge is 0.356 e. The lowest BCUT2D eigenvalue weighted by atomic mass is 9.91.